The van der Waals surface area contributed by atoms with Gasteiger partial charge in [-0.1, -0.05) is 13.0 Å². The Labute approximate surface area is 146 Å². The Balaban J connectivity index is 0.00000288. The minimum Gasteiger partial charge on any atom is -0.326 e. The fourth-order valence-electron chi connectivity index (χ4n) is 3.01. The van der Waals surface area contributed by atoms with Crippen molar-refractivity contribution in [3.05, 3.63) is 29.3 Å². The van der Waals surface area contributed by atoms with Crippen LogP contribution in [0, 0.1) is 18.8 Å². The van der Waals surface area contributed by atoms with Gasteiger partial charge in [0.1, 0.15) is 0 Å². The van der Waals surface area contributed by atoms with E-state index in [0.717, 1.165) is 38.1 Å². The number of hydrogen-bond acceptors (Lipinski definition) is 2. The molecule has 1 atom stereocenters. The molecule has 1 aliphatic heterocycles. The Bertz CT molecular complexity index is 557. The third-order valence-electron chi connectivity index (χ3n) is 4.53. The molecule has 1 heterocycles. The Morgan fingerprint density at radius 2 is 1.96 bits per heavy atom. The molecule has 0 bridgehead atoms. The van der Waals surface area contributed by atoms with Crippen LogP contribution >= 0.6 is 12.4 Å². The monoisotopic (exact) mass is 364 g/mol. The Morgan fingerprint density at radius 3 is 2.54 bits per heavy atom. The largest absolute Gasteiger partial charge is 0.416 e. The molecule has 24 heavy (non-hydrogen) atoms. The molecule has 0 saturated carbocycles. The zero-order chi connectivity index (χ0) is 17.0. The maximum absolute atomic E-state index is 12.8. The number of halogens is 4. The molecule has 2 rings (SSSR count). The molecule has 1 aliphatic rings. The summed E-state index contributed by atoms with van der Waals surface area (Å²) in [5, 5.41) is 5.92. The van der Waals surface area contributed by atoms with E-state index in [9.17, 15) is 18.0 Å². The molecule has 3 nitrogen and oxygen atoms in total. The molecular formula is C17H24ClF3N2O. The van der Waals surface area contributed by atoms with Gasteiger partial charge in [-0.2, -0.15) is 13.2 Å². The summed E-state index contributed by atoms with van der Waals surface area (Å²) < 4.78 is 38.3. The standard InChI is InChI=1S/C17H23F3N2O.ClH/c1-11-3-4-14(17(18,19)20)10-15(11)22-16(23)9-12(2)13-5-7-21-8-6-13;/h3-4,10,12-13,21H,5-9H2,1-2H3,(H,22,23);1H. The fourth-order valence-corrected chi connectivity index (χ4v) is 3.01. The van der Waals surface area contributed by atoms with E-state index >= 15 is 0 Å². The summed E-state index contributed by atoms with van der Waals surface area (Å²) in [6, 6.07) is 3.42. The number of alkyl halides is 3. The van der Waals surface area contributed by atoms with Gasteiger partial charge in [-0.25, -0.2) is 0 Å². The molecule has 136 valence electrons. The van der Waals surface area contributed by atoms with Crippen LogP contribution in [-0.2, 0) is 11.0 Å². The maximum Gasteiger partial charge on any atom is 0.416 e. The van der Waals surface area contributed by atoms with E-state index in [1.54, 1.807) is 6.92 Å². The Kier molecular flexibility index (Phi) is 7.55. The highest BCUT2D eigenvalue weighted by molar-refractivity contribution is 5.91. The summed E-state index contributed by atoms with van der Waals surface area (Å²) >= 11 is 0. The molecule has 0 aliphatic carbocycles. The second-order valence-corrected chi connectivity index (χ2v) is 6.34. The van der Waals surface area contributed by atoms with Crippen molar-refractivity contribution < 1.29 is 18.0 Å². The highest BCUT2D eigenvalue weighted by Crippen LogP contribution is 2.32. The van der Waals surface area contributed by atoms with Crippen LogP contribution in [0.4, 0.5) is 18.9 Å². The van der Waals surface area contributed by atoms with Crippen molar-refractivity contribution >= 4 is 24.0 Å². The van der Waals surface area contributed by atoms with Crippen molar-refractivity contribution in [1.29, 1.82) is 0 Å². The van der Waals surface area contributed by atoms with Crippen LogP contribution in [0.3, 0.4) is 0 Å². The average molecular weight is 365 g/mol. The number of nitrogens with one attached hydrogen (secondary N) is 2. The first-order valence-corrected chi connectivity index (χ1v) is 7.96. The van der Waals surface area contributed by atoms with Crippen molar-refractivity contribution in [3.8, 4) is 0 Å². The Hall–Kier alpha value is -1.27. The summed E-state index contributed by atoms with van der Waals surface area (Å²) in [4.78, 5) is 12.2. The number of hydrogen-bond donors (Lipinski definition) is 2. The average Bonchev–Trinajstić information content (AvgIpc) is 2.49. The highest BCUT2D eigenvalue weighted by Gasteiger charge is 2.31. The van der Waals surface area contributed by atoms with Gasteiger partial charge in [-0.05, 0) is 62.4 Å². The predicted octanol–water partition coefficient (Wildman–Crippen LogP) is 4.40. The van der Waals surface area contributed by atoms with Crippen molar-refractivity contribution in [3.63, 3.8) is 0 Å². The maximum atomic E-state index is 12.8. The van der Waals surface area contributed by atoms with Crippen LogP contribution in [0.1, 0.15) is 37.3 Å². The first-order chi connectivity index (χ1) is 10.8. The molecule has 7 heteroatoms. The summed E-state index contributed by atoms with van der Waals surface area (Å²) in [7, 11) is 0. The van der Waals surface area contributed by atoms with Gasteiger partial charge >= 0.3 is 6.18 Å². The van der Waals surface area contributed by atoms with Gasteiger partial charge in [-0.3, -0.25) is 4.79 Å². The van der Waals surface area contributed by atoms with E-state index in [4.69, 9.17) is 0 Å². The van der Waals surface area contributed by atoms with Gasteiger partial charge in [0.05, 0.1) is 5.56 Å². The first kappa shape index (κ1) is 20.8. The second kappa shape index (κ2) is 8.72. The minimum atomic E-state index is -4.41. The van der Waals surface area contributed by atoms with Gasteiger partial charge in [-0.15, -0.1) is 12.4 Å². The molecule has 2 N–H and O–H groups in total. The highest BCUT2D eigenvalue weighted by atomic mass is 35.5. The van der Waals surface area contributed by atoms with Crippen molar-refractivity contribution in [2.45, 2.75) is 39.3 Å². The lowest BCUT2D eigenvalue weighted by atomic mass is 9.84. The van der Waals surface area contributed by atoms with Crippen LogP contribution in [0.2, 0.25) is 0 Å². The zero-order valence-electron chi connectivity index (χ0n) is 13.9. The predicted molar refractivity (Wildman–Crippen MR) is 91.4 cm³/mol. The van der Waals surface area contributed by atoms with Gasteiger partial charge in [0, 0.05) is 12.1 Å². The lowest BCUT2D eigenvalue weighted by Crippen LogP contribution is -2.32. The number of anilines is 1. The lowest BCUT2D eigenvalue weighted by molar-refractivity contribution is -0.137. The second-order valence-electron chi connectivity index (χ2n) is 6.34. The van der Waals surface area contributed by atoms with Crippen molar-refractivity contribution in [2.24, 2.45) is 11.8 Å². The zero-order valence-corrected chi connectivity index (χ0v) is 14.7. The lowest BCUT2D eigenvalue weighted by Gasteiger charge is -2.28. The summed E-state index contributed by atoms with van der Waals surface area (Å²) in [6.07, 6.45) is -2.00. The molecule has 0 spiro atoms. The summed E-state index contributed by atoms with van der Waals surface area (Å²) in [6.45, 7) is 5.65. The van der Waals surface area contributed by atoms with Gasteiger partial charge in [0.25, 0.3) is 0 Å². The van der Waals surface area contributed by atoms with Gasteiger partial charge in [0.2, 0.25) is 5.91 Å². The smallest absolute Gasteiger partial charge is 0.326 e. The van der Waals surface area contributed by atoms with E-state index in [-0.39, 0.29) is 29.9 Å². The van der Waals surface area contributed by atoms with Crippen LogP contribution in [0.5, 0.6) is 0 Å². The normalized spacial score (nSPS) is 17.0. The van der Waals surface area contributed by atoms with Crippen LogP contribution in [-0.4, -0.2) is 19.0 Å². The number of carbonyl (C=O) groups excluding carboxylic acids is 1. The Morgan fingerprint density at radius 1 is 1.33 bits per heavy atom. The first-order valence-electron chi connectivity index (χ1n) is 7.96. The molecule has 0 radical (unpaired) electrons. The van der Waals surface area contributed by atoms with E-state index in [1.165, 1.54) is 6.07 Å². The number of carbonyl (C=O) groups is 1. The molecule has 1 aromatic carbocycles. The SMILES string of the molecule is Cc1ccc(C(F)(F)F)cc1NC(=O)CC(C)C1CCNCC1.Cl. The van der Waals surface area contributed by atoms with Crippen LogP contribution < -0.4 is 10.6 Å². The summed E-state index contributed by atoms with van der Waals surface area (Å²) in [5.41, 5.74) is 0.119. The number of benzene rings is 1. The van der Waals surface area contributed by atoms with Crippen molar-refractivity contribution in [1.82, 2.24) is 5.32 Å². The van der Waals surface area contributed by atoms with Crippen LogP contribution in [0.15, 0.2) is 18.2 Å². The minimum absolute atomic E-state index is 0. The number of rotatable bonds is 4. The quantitative estimate of drug-likeness (QED) is 0.831. The molecule has 0 aromatic heterocycles. The van der Waals surface area contributed by atoms with E-state index < -0.39 is 11.7 Å². The fraction of sp³-hybridized carbons (Fsp3) is 0.588. The van der Waals surface area contributed by atoms with Gasteiger partial charge in [0.15, 0.2) is 0 Å². The van der Waals surface area contributed by atoms with Gasteiger partial charge < -0.3 is 10.6 Å². The molecule has 1 aromatic rings. The molecule has 1 fully saturated rings. The molecule has 1 unspecified atom stereocenters. The van der Waals surface area contributed by atoms with E-state index in [0.29, 0.717) is 17.9 Å². The number of amides is 1. The van der Waals surface area contributed by atoms with E-state index in [2.05, 4.69) is 10.6 Å². The topological polar surface area (TPSA) is 41.1 Å². The third-order valence-corrected chi connectivity index (χ3v) is 4.53. The molecular weight excluding hydrogens is 341 g/mol. The van der Waals surface area contributed by atoms with E-state index in [1.807, 2.05) is 6.92 Å². The van der Waals surface area contributed by atoms with Crippen molar-refractivity contribution in [2.75, 3.05) is 18.4 Å². The molecule has 1 amide bonds. The number of piperidine rings is 1. The molecule has 1 saturated heterocycles. The third kappa shape index (κ3) is 5.67. The summed E-state index contributed by atoms with van der Waals surface area (Å²) in [5.74, 6) is 0.492. The number of aryl methyl sites for hydroxylation is 1. The van der Waals surface area contributed by atoms with Crippen LogP contribution in [0.25, 0.3) is 0 Å².